The summed E-state index contributed by atoms with van der Waals surface area (Å²) < 4.78 is 0. The number of halogens is 1. The number of hydrogen-bond acceptors (Lipinski definition) is 2. The van der Waals surface area contributed by atoms with Crippen molar-refractivity contribution in [3.05, 3.63) is 28.8 Å². The highest BCUT2D eigenvalue weighted by molar-refractivity contribution is 6.32. The summed E-state index contributed by atoms with van der Waals surface area (Å²) in [4.78, 5) is 2.11. The molecule has 1 atom stereocenters. The van der Waals surface area contributed by atoms with Crippen LogP contribution in [0.15, 0.2) is 18.2 Å². The molecule has 0 bridgehead atoms. The van der Waals surface area contributed by atoms with Gasteiger partial charge in [0.2, 0.25) is 0 Å². The van der Waals surface area contributed by atoms with Gasteiger partial charge in [-0.25, -0.2) is 0 Å². The molecule has 0 spiro atoms. The minimum atomic E-state index is 0.109. The van der Waals surface area contributed by atoms with E-state index < -0.39 is 0 Å². The fourth-order valence-corrected chi connectivity index (χ4v) is 2.80. The van der Waals surface area contributed by atoms with Gasteiger partial charge in [-0.15, -0.1) is 0 Å². The summed E-state index contributed by atoms with van der Waals surface area (Å²) in [6.45, 7) is 2.08. The topological polar surface area (TPSA) is 29.3 Å². The smallest absolute Gasteiger partial charge is 0.0464 e. The Balaban J connectivity index is 2.55. The average molecular weight is 239 g/mol. The van der Waals surface area contributed by atoms with Crippen LogP contribution in [-0.4, -0.2) is 20.1 Å². The van der Waals surface area contributed by atoms with Crippen LogP contribution in [0, 0.1) is 0 Å². The predicted molar refractivity (Wildman–Crippen MR) is 70.3 cm³/mol. The van der Waals surface area contributed by atoms with Crippen molar-refractivity contribution in [2.24, 2.45) is 5.73 Å². The summed E-state index contributed by atoms with van der Waals surface area (Å²) >= 11 is 6.36. The van der Waals surface area contributed by atoms with Gasteiger partial charge in [0.25, 0.3) is 0 Å². The largest absolute Gasteiger partial charge is 0.377 e. The van der Waals surface area contributed by atoms with E-state index in [0.717, 1.165) is 17.9 Å². The molecule has 1 aliphatic rings. The van der Waals surface area contributed by atoms with Gasteiger partial charge in [-0.05, 0) is 31.9 Å². The summed E-state index contributed by atoms with van der Waals surface area (Å²) in [5.41, 5.74) is 8.66. The van der Waals surface area contributed by atoms with Gasteiger partial charge in [-0.2, -0.15) is 0 Å². The third-order valence-corrected chi connectivity index (χ3v) is 3.95. The maximum Gasteiger partial charge on any atom is 0.0464 e. The fraction of sp³-hybridized carbons (Fsp3) is 0.538. The molecule has 1 fully saturated rings. The van der Waals surface area contributed by atoms with Crippen molar-refractivity contribution < 1.29 is 0 Å². The van der Waals surface area contributed by atoms with Crippen LogP contribution in [0.5, 0.6) is 0 Å². The van der Waals surface area contributed by atoms with E-state index in [9.17, 15) is 0 Å². The molecule has 0 heterocycles. The molecule has 0 aromatic heterocycles. The second-order valence-electron chi connectivity index (χ2n) is 4.97. The Hall–Kier alpha value is -0.730. The van der Waals surface area contributed by atoms with Crippen molar-refractivity contribution in [1.82, 2.24) is 0 Å². The molecule has 1 unspecified atom stereocenters. The fourth-order valence-electron chi connectivity index (χ4n) is 2.45. The lowest BCUT2D eigenvalue weighted by atomic mass is 9.88. The monoisotopic (exact) mass is 238 g/mol. The second-order valence-corrected chi connectivity index (χ2v) is 5.38. The summed E-state index contributed by atoms with van der Waals surface area (Å²) in [5.74, 6) is 0. The first-order valence-electron chi connectivity index (χ1n) is 5.71. The molecule has 1 aromatic rings. The van der Waals surface area contributed by atoms with Crippen LogP contribution >= 0.6 is 11.6 Å². The molecular weight excluding hydrogens is 220 g/mol. The Morgan fingerprint density at radius 2 is 2.00 bits per heavy atom. The Morgan fingerprint density at radius 1 is 1.38 bits per heavy atom. The van der Waals surface area contributed by atoms with Crippen molar-refractivity contribution in [2.75, 3.05) is 19.0 Å². The first-order chi connectivity index (χ1) is 7.49. The molecule has 2 nitrogen and oxygen atoms in total. The van der Waals surface area contributed by atoms with Gasteiger partial charge in [0.1, 0.15) is 0 Å². The van der Waals surface area contributed by atoms with E-state index in [2.05, 4.69) is 17.9 Å². The van der Waals surface area contributed by atoms with Gasteiger partial charge in [-0.3, -0.25) is 0 Å². The summed E-state index contributed by atoms with van der Waals surface area (Å²) in [6, 6.07) is 6.24. The van der Waals surface area contributed by atoms with E-state index in [1.54, 1.807) is 0 Å². The average Bonchev–Trinajstić information content (AvgIpc) is 2.98. The van der Waals surface area contributed by atoms with Gasteiger partial charge in [0, 0.05) is 41.8 Å². The van der Waals surface area contributed by atoms with E-state index in [1.165, 1.54) is 11.3 Å². The number of nitrogens with two attached hydrogens (primary N) is 1. The highest BCUT2D eigenvalue weighted by Gasteiger charge is 2.50. The van der Waals surface area contributed by atoms with E-state index in [-0.39, 0.29) is 11.5 Å². The van der Waals surface area contributed by atoms with E-state index >= 15 is 0 Å². The molecule has 0 saturated heterocycles. The van der Waals surface area contributed by atoms with Gasteiger partial charge >= 0.3 is 0 Å². The summed E-state index contributed by atoms with van der Waals surface area (Å²) in [6.07, 6.45) is 2.30. The Labute approximate surface area is 102 Å². The lowest BCUT2D eigenvalue weighted by Crippen LogP contribution is -2.33. The number of benzene rings is 1. The summed E-state index contributed by atoms with van der Waals surface area (Å²) in [7, 11) is 4.10. The van der Waals surface area contributed by atoms with Crippen molar-refractivity contribution in [3.8, 4) is 0 Å². The van der Waals surface area contributed by atoms with Crippen LogP contribution in [0.3, 0.4) is 0 Å². The van der Waals surface area contributed by atoms with Crippen molar-refractivity contribution >= 4 is 17.3 Å². The van der Waals surface area contributed by atoms with Crippen molar-refractivity contribution in [1.29, 1.82) is 0 Å². The van der Waals surface area contributed by atoms with Crippen LogP contribution in [0.2, 0.25) is 5.02 Å². The molecule has 1 aromatic carbocycles. The standard InChI is InChI=1S/C13H19ClN2/c1-9(15)13(7-8-13)12-10(14)5-4-6-11(12)16(2)3/h4-6,9H,7-8,15H2,1-3H3. The van der Waals surface area contributed by atoms with E-state index in [0.29, 0.717) is 0 Å². The quantitative estimate of drug-likeness (QED) is 0.878. The molecule has 0 aliphatic heterocycles. The highest BCUT2D eigenvalue weighted by atomic mass is 35.5. The second kappa shape index (κ2) is 3.94. The van der Waals surface area contributed by atoms with Crippen LogP contribution in [-0.2, 0) is 5.41 Å². The minimum absolute atomic E-state index is 0.109. The Bertz CT molecular complexity index is 395. The lowest BCUT2D eigenvalue weighted by molar-refractivity contribution is 0.557. The van der Waals surface area contributed by atoms with Crippen LogP contribution in [0.4, 0.5) is 5.69 Å². The SMILES string of the molecule is CC(N)C1(c2c(Cl)cccc2N(C)C)CC1. The third kappa shape index (κ3) is 1.70. The maximum absolute atomic E-state index is 6.36. The zero-order valence-electron chi connectivity index (χ0n) is 10.1. The zero-order valence-corrected chi connectivity index (χ0v) is 10.9. The molecule has 88 valence electrons. The molecule has 16 heavy (non-hydrogen) atoms. The molecule has 0 amide bonds. The highest BCUT2D eigenvalue weighted by Crippen LogP contribution is 2.55. The van der Waals surface area contributed by atoms with Gasteiger partial charge in [-0.1, -0.05) is 17.7 Å². The first kappa shape index (κ1) is 11.7. The van der Waals surface area contributed by atoms with Gasteiger partial charge in [0.05, 0.1) is 0 Å². The molecule has 1 saturated carbocycles. The molecular formula is C13H19ClN2. The van der Waals surface area contributed by atoms with E-state index in [1.807, 2.05) is 26.2 Å². The molecule has 0 radical (unpaired) electrons. The van der Waals surface area contributed by atoms with Crippen molar-refractivity contribution in [3.63, 3.8) is 0 Å². The number of rotatable bonds is 3. The van der Waals surface area contributed by atoms with E-state index in [4.69, 9.17) is 17.3 Å². The number of anilines is 1. The lowest BCUT2D eigenvalue weighted by Gasteiger charge is -2.27. The first-order valence-corrected chi connectivity index (χ1v) is 6.09. The Morgan fingerprint density at radius 3 is 2.44 bits per heavy atom. The number of nitrogens with zero attached hydrogens (tertiary/aromatic N) is 1. The van der Waals surface area contributed by atoms with Crippen LogP contribution < -0.4 is 10.6 Å². The predicted octanol–water partition coefficient (Wildman–Crippen LogP) is 2.78. The minimum Gasteiger partial charge on any atom is -0.377 e. The van der Waals surface area contributed by atoms with Crippen LogP contribution in [0.1, 0.15) is 25.3 Å². The molecule has 2 rings (SSSR count). The van der Waals surface area contributed by atoms with Gasteiger partial charge < -0.3 is 10.6 Å². The van der Waals surface area contributed by atoms with Crippen LogP contribution in [0.25, 0.3) is 0 Å². The normalized spacial score (nSPS) is 19.3. The third-order valence-electron chi connectivity index (χ3n) is 3.63. The number of hydrogen-bond donors (Lipinski definition) is 1. The van der Waals surface area contributed by atoms with Gasteiger partial charge in [0.15, 0.2) is 0 Å². The summed E-state index contributed by atoms with van der Waals surface area (Å²) in [5, 5.41) is 0.848. The molecule has 3 heteroatoms. The molecule has 1 aliphatic carbocycles. The maximum atomic E-state index is 6.36. The van der Waals surface area contributed by atoms with Crippen molar-refractivity contribution in [2.45, 2.75) is 31.2 Å². The zero-order chi connectivity index (χ0) is 11.9. The molecule has 2 N–H and O–H groups in total. The Kier molecular flexibility index (Phi) is 2.89.